The summed E-state index contributed by atoms with van der Waals surface area (Å²) in [5, 5.41) is 2.19. The van der Waals surface area contributed by atoms with Crippen molar-refractivity contribution in [2.45, 2.75) is 12.8 Å². The van der Waals surface area contributed by atoms with E-state index < -0.39 is 0 Å². The van der Waals surface area contributed by atoms with Gasteiger partial charge < -0.3 is 0 Å². The lowest BCUT2D eigenvalue weighted by molar-refractivity contribution is 1.19. The maximum absolute atomic E-state index is 5.09. The molecule has 0 unspecified atom stereocenters. The molecule has 0 aliphatic heterocycles. The molecular formula is C31H18N4. The van der Waals surface area contributed by atoms with Crippen molar-refractivity contribution in [1.29, 1.82) is 0 Å². The highest BCUT2D eigenvalue weighted by atomic mass is 15.1. The zero-order valence-electron chi connectivity index (χ0n) is 18.8. The predicted molar refractivity (Wildman–Crippen MR) is 140 cm³/mol. The Bertz CT molecular complexity index is 2070. The first-order valence-electron chi connectivity index (χ1n) is 12.0. The first-order chi connectivity index (χ1) is 17.3. The minimum absolute atomic E-state index is 0.877. The lowest BCUT2D eigenvalue weighted by atomic mass is 9.98. The van der Waals surface area contributed by atoms with E-state index in [0.717, 1.165) is 51.5 Å². The summed E-state index contributed by atoms with van der Waals surface area (Å²) in [5.74, 6) is 0. The summed E-state index contributed by atoms with van der Waals surface area (Å²) in [5.41, 5.74) is 15.9. The first-order valence-corrected chi connectivity index (χ1v) is 12.0. The second-order valence-electron chi connectivity index (χ2n) is 9.68. The fraction of sp³-hybridized carbons (Fsp3) is 0.0645. The molecule has 3 aromatic carbocycles. The van der Waals surface area contributed by atoms with Gasteiger partial charge in [-0.05, 0) is 87.3 Å². The molecule has 0 radical (unpaired) electrons. The number of rotatable bonds is 0. The number of fused-ring (bicyclic) bond motifs is 15. The molecule has 7 aromatic rings. The van der Waals surface area contributed by atoms with Crippen LogP contribution in [0.5, 0.6) is 0 Å². The van der Waals surface area contributed by atoms with Crippen molar-refractivity contribution in [2.24, 2.45) is 0 Å². The van der Waals surface area contributed by atoms with Crippen molar-refractivity contribution < 1.29 is 0 Å². The second kappa shape index (κ2) is 6.10. The highest BCUT2D eigenvalue weighted by molar-refractivity contribution is 6.12. The molecule has 2 aliphatic carbocycles. The highest BCUT2D eigenvalue weighted by Crippen LogP contribution is 2.46. The van der Waals surface area contributed by atoms with E-state index in [1.165, 1.54) is 44.5 Å². The van der Waals surface area contributed by atoms with E-state index >= 15 is 0 Å². The molecule has 0 saturated carbocycles. The molecule has 0 spiro atoms. The third kappa shape index (κ3) is 2.15. The number of hydrogen-bond acceptors (Lipinski definition) is 3. The van der Waals surface area contributed by atoms with E-state index in [-0.39, 0.29) is 0 Å². The van der Waals surface area contributed by atoms with Crippen LogP contribution in [0.3, 0.4) is 0 Å². The van der Waals surface area contributed by atoms with Gasteiger partial charge in [-0.1, -0.05) is 36.4 Å². The van der Waals surface area contributed by atoms with Gasteiger partial charge in [0, 0.05) is 29.6 Å². The summed E-state index contributed by atoms with van der Waals surface area (Å²) >= 11 is 0. The molecule has 4 nitrogen and oxygen atoms in total. The first kappa shape index (κ1) is 17.8. The van der Waals surface area contributed by atoms with E-state index in [2.05, 4.69) is 65.1 Å². The minimum Gasteiger partial charge on any atom is -0.274 e. The van der Waals surface area contributed by atoms with E-state index in [0.29, 0.717) is 0 Å². The SMILES string of the molecule is c1ccc2c(c1)Cc1cc3c(cc1-2)Cc1c-3ccc2nc3c4ncccc4c4cccnc4n3c12. The number of imidazole rings is 1. The summed E-state index contributed by atoms with van der Waals surface area (Å²) in [6.07, 6.45) is 5.64. The number of benzene rings is 3. The van der Waals surface area contributed by atoms with Crippen LogP contribution >= 0.6 is 0 Å². The fourth-order valence-electron chi connectivity index (χ4n) is 6.43. The number of hydrogen-bond donors (Lipinski definition) is 0. The molecule has 2 aliphatic rings. The normalized spacial score (nSPS) is 13.5. The van der Waals surface area contributed by atoms with E-state index in [4.69, 9.17) is 15.0 Å². The second-order valence-corrected chi connectivity index (χ2v) is 9.68. The van der Waals surface area contributed by atoms with Crippen LogP contribution in [-0.2, 0) is 12.8 Å². The van der Waals surface area contributed by atoms with Crippen molar-refractivity contribution in [1.82, 2.24) is 19.4 Å². The van der Waals surface area contributed by atoms with Gasteiger partial charge in [0.05, 0.1) is 11.0 Å². The van der Waals surface area contributed by atoms with Gasteiger partial charge in [-0.15, -0.1) is 0 Å². The van der Waals surface area contributed by atoms with Crippen molar-refractivity contribution >= 4 is 38.6 Å². The maximum Gasteiger partial charge on any atom is 0.166 e. The number of aromatic nitrogens is 4. The van der Waals surface area contributed by atoms with Crippen LogP contribution < -0.4 is 0 Å². The lowest BCUT2D eigenvalue weighted by Crippen LogP contribution is -1.96. The molecule has 35 heavy (non-hydrogen) atoms. The number of nitrogens with zero attached hydrogens (tertiary/aromatic N) is 4. The van der Waals surface area contributed by atoms with Gasteiger partial charge in [0.1, 0.15) is 11.2 Å². The Hall–Kier alpha value is -4.57. The van der Waals surface area contributed by atoms with Crippen LogP contribution in [-0.4, -0.2) is 19.4 Å². The van der Waals surface area contributed by atoms with Crippen LogP contribution in [0, 0.1) is 0 Å². The Kier molecular flexibility index (Phi) is 3.11. The van der Waals surface area contributed by atoms with Crippen molar-refractivity contribution in [3.8, 4) is 22.3 Å². The average molecular weight is 447 g/mol. The molecule has 9 rings (SSSR count). The van der Waals surface area contributed by atoms with Crippen LogP contribution in [0.25, 0.3) is 60.9 Å². The van der Waals surface area contributed by atoms with Gasteiger partial charge in [-0.3, -0.25) is 9.38 Å². The Balaban J connectivity index is 1.38. The van der Waals surface area contributed by atoms with Crippen LogP contribution in [0.2, 0.25) is 0 Å². The van der Waals surface area contributed by atoms with Crippen LogP contribution in [0.4, 0.5) is 0 Å². The third-order valence-electron chi connectivity index (χ3n) is 7.91. The van der Waals surface area contributed by atoms with E-state index in [9.17, 15) is 0 Å². The maximum atomic E-state index is 5.09. The van der Waals surface area contributed by atoms with E-state index in [1.807, 2.05) is 24.5 Å². The molecule has 0 fully saturated rings. The topological polar surface area (TPSA) is 43.1 Å². The van der Waals surface area contributed by atoms with Gasteiger partial charge >= 0.3 is 0 Å². The number of pyridine rings is 3. The van der Waals surface area contributed by atoms with Crippen LogP contribution in [0.15, 0.2) is 85.2 Å². The molecule has 0 saturated heterocycles. The van der Waals surface area contributed by atoms with Crippen LogP contribution in [0.1, 0.15) is 22.3 Å². The Morgan fingerprint density at radius 3 is 2.34 bits per heavy atom. The van der Waals surface area contributed by atoms with Gasteiger partial charge in [0.15, 0.2) is 5.65 Å². The summed E-state index contributed by atoms with van der Waals surface area (Å²) < 4.78 is 2.24. The molecule has 0 N–H and O–H groups in total. The summed E-state index contributed by atoms with van der Waals surface area (Å²) in [6.45, 7) is 0. The average Bonchev–Trinajstić information content (AvgIpc) is 3.58. The monoisotopic (exact) mass is 446 g/mol. The third-order valence-corrected chi connectivity index (χ3v) is 7.91. The molecular weight excluding hydrogens is 428 g/mol. The summed E-state index contributed by atoms with van der Waals surface area (Å²) in [6, 6.07) is 26.3. The van der Waals surface area contributed by atoms with Gasteiger partial charge in [-0.25, -0.2) is 9.97 Å². The zero-order valence-corrected chi connectivity index (χ0v) is 18.8. The van der Waals surface area contributed by atoms with E-state index in [1.54, 1.807) is 0 Å². The van der Waals surface area contributed by atoms with Gasteiger partial charge in [-0.2, -0.15) is 0 Å². The molecule has 0 amide bonds. The Morgan fingerprint density at radius 2 is 1.40 bits per heavy atom. The largest absolute Gasteiger partial charge is 0.274 e. The molecule has 4 aromatic heterocycles. The predicted octanol–water partition coefficient (Wildman–Crippen LogP) is 6.73. The Labute approximate surface area is 200 Å². The molecule has 0 atom stereocenters. The molecule has 4 heterocycles. The van der Waals surface area contributed by atoms with Gasteiger partial charge in [0.2, 0.25) is 0 Å². The molecule has 162 valence electrons. The van der Waals surface area contributed by atoms with Crippen molar-refractivity contribution in [2.75, 3.05) is 0 Å². The molecule has 0 bridgehead atoms. The minimum atomic E-state index is 0.877. The smallest absolute Gasteiger partial charge is 0.166 e. The molecule has 4 heteroatoms. The van der Waals surface area contributed by atoms with Crippen molar-refractivity contribution in [3.05, 3.63) is 107 Å². The van der Waals surface area contributed by atoms with Crippen molar-refractivity contribution in [3.63, 3.8) is 0 Å². The highest BCUT2D eigenvalue weighted by Gasteiger charge is 2.28. The lowest BCUT2D eigenvalue weighted by Gasteiger charge is -2.08. The summed E-state index contributed by atoms with van der Waals surface area (Å²) in [7, 11) is 0. The van der Waals surface area contributed by atoms with Gasteiger partial charge in [0.25, 0.3) is 0 Å². The summed E-state index contributed by atoms with van der Waals surface area (Å²) in [4.78, 5) is 14.7. The quantitative estimate of drug-likeness (QED) is 0.243. The standard InChI is InChI=1S/C31H18N4/c1-2-6-20-17(5-1)13-18-14-25-19(15-24(18)20)16-26-21(25)9-10-27-29(26)35-30-23(8-4-12-33-30)22-7-3-11-32-28(22)31(35)34-27/h1-12,14-15H,13,16H2. The Morgan fingerprint density at radius 1 is 0.600 bits per heavy atom. The zero-order chi connectivity index (χ0) is 22.7. The fourth-order valence-corrected chi connectivity index (χ4v) is 6.43.